The van der Waals surface area contributed by atoms with Crippen LogP contribution >= 0.6 is 0 Å². The first-order valence-corrected chi connectivity index (χ1v) is 8.80. The highest BCUT2D eigenvalue weighted by atomic mass is 16.2. The molecule has 2 amide bonds. The minimum Gasteiger partial charge on any atom is -0.358 e. The molecule has 1 saturated heterocycles. The highest BCUT2D eigenvalue weighted by Crippen LogP contribution is 2.25. The Kier molecular flexibility index (Phi) is 6.24. The molecule has 1 saturated carbocycles. The van der Waals surface area contributed by atoms with Gasteiger partial charge in [-0.25, -0.2) is 0 Å². The second-order valence-corrected chi connectivity index (χ2v) is 7.15. The molecule has 5 nitrogen and oxygen atoms in total. The largest absolute Gasteiger partial charge is 0.358 e. The van der Waals surface area contributed by atoms with Crippen molar-refractivity contribution < 1.29 is 9.59 Å². The molecule has 1 aliphatic carbocycles. The summed E-state index contributed by atoms with van der Waals surface area (Å²) in [7, 11) is 1.68. The first-order valence-electron chi connectivity index (χ1n) is 8.80. The molecule has 0 bridgehead atoms. The Labute approximate surface area is 134 Å². The maximum Gasteiger partial charge on any atom is 0.237 e. The molecule has 0 aromatic heterocycles. The van der Waals surface area contributed by atoms with Crippen molar-refractivity contribution >= 4 is 11.8 Å². The smallest absolute Gasteiger partial charge is 0.237 e. The molecule has 2 aliphatic rings. The van der Waals surface area contributed by atoms with Gasteiger partial charge in [0.15, 0.2) is 0 Å². The number of carbonyl (C=O) groups is 2. The number of likely N-dealkylation sites (N-methyl/N-ethyl adjacent to an activating group) is 1. The molecule has 0 radical (unpaired) electrons. The van der Waals surface area contributed by atoms with Gasteiger partial charge in [0.25, 0.3) is 0 Å². The summed E-state index contributed by atoms with van der Waals surface area (Å²) in [5, 5.41) is 5.97. The second kappa shape index (κ2) is 7.95. The molecule has 0 spiro atoms. The van der Waals surface area contributed by atoms with Gasteiger partial charge >= 0.3 is 0 Å². The molecule has 0 unspecified atom stereocenters. The molecule has 2 fully saturated rings. The van der Waals surface area contributed by atoms with Crippen LogP contribution in [0.1, 0.15) is 58.8 Å². The summed E-state index contributed by atoms with van der Waals surface area (Å²) in [4.78, 5) is 27.0. The molecule has 2 N–H and O–H groups in total. The van der Waals surface area contributed by atoms with E-state index in [0.717, 1.165) is 38.6 Å². The van der Waals surface area contributed by atoms with Crippen molar-refractivity contribution in [2.75, 3.05) is 13.6 Å². The van der Waals surface area contributed by atoms with Crippen molar-refractivity contribution in [2.24, 2.45) is 5.92 Å². The lowest BCUT2D eigenvalue weighted by Crippen LogP contribution is -2.54. The van der Waals surface area contributed by atoms with Crippen molar-refractivity contribution in [2.45, 2.75) is 76.9 Å². The fourth-order valence-corrected chi connectivity index (χ4v) is 3.82. The minimum atomic E-state index is -0.188. The summed E-state index contributed by atoms with van der Waals surface area (Å²) in [5.41, 5.74) is 0. The lowest BCUT2D eigenvalue weighted by atomic mass is 10.0. The third kappa shape index (κ3) is 4.22. The zero-order valence-electron chi connectivity index (χ0n) is 14.2. The number of nitrogens with one attached hydrogen (secondary N) is 2. The topological polar surface area (TPSA) is 61.4 Å². The first kappa shape index (κ1) is 17.3. The predicted molar refractivity (Wildman–Crippen MR) is 87.4 cm³/mol. The van der Waals surface area contributed by atoms with Crippen LogP contribution in [-0.2, 0) is 9.59 Å². The zero-order chi connectivity index (χ0) is 16.1. The molecular formula is C17H31N3O2. The molecule has 2 rings (SSSR count). The van der Waals surface area contributed by atoms with Gasteiger partial charge in [0.1, 0.15) is 0 Å². The normalized spacial score (nSPS) is 24.6. The van der Waals surface area contributed by atoms with Gasteiger partial charge in [-0.2, -0.15) is 0 Å². The van der Waals surface area contributed by atoms with Crippen LogP contribution in [0.5, 0.6) is 0 Å². The van der Waals surface area contributed by atoms with E-state index in [0.29, 0.717) is 12.0 Å². The van der Waals surface area contributed by atoms with E-state index in [9.17, 15) is 9.59 Å². The average molecular weight is 309 g/mol. The Balaban J connectivity index is 2.02. The maximum absolute atomic E-state index is 12.6. The Morgan fingerprint density at radius 2 is 1.82 bits per heavy atom. The van der Waals surface area contributed by atoms with Gasteiger partial charge in [-0.15, -0.1) is 0 Å². The Morgan fingerprint density at radius 1 is 1.14 bits per heavy atom. The van der Waals surface area contributed by atoms with Crippen molar-refractivity contribution in [1.29, 1.82) is 0 Å². The number of nitrogens with zero attached hydrogens (tertiary/aromatic N) is 1. The standard InChI is InChI=1S/C17H31N3O2/c1-12(2)11-15(16(21)18-3)20-10-6-9-14(20)17(22)19-13-7-4-5-8-13/h12-15H,4-11H2,1-3H3,(H,18,21)(H,19,22)/t14-,15+/m0/s1. The zero-order valence-corrected chi connectivity index (χ0v) is 14.2. The minimum absolute atomic E-state index is 0.0364. The molecule has 126 valence electrons. The van der Waals surface area contributed by atoms with Crippen molar-refractivity contribution in [3.8, 4) is 0 Å². The summed E-state index contributed by atoms with van der Waals surface area (Å²) in [6.07, 6.45) is 7.29. The average Bonchev–Trinajstić information content (AvgIpc) is 3.14. The van der Waals surface area contributed by atoms with E-state index in [4.69, 9.17) is 0 Å². The maximum atomic E-state index is 12.6. The number of amides is 2. The van der Waals surface area contributed by atoms with Crippen LogP contribution in [0.4, 0.5) is 0 Å². The fourth-order valence-electron chi connectivity index (χ4n) is 3.82. The van der Waals surface area contributed by atoms with Crippen molar-refractivity contribution in [3.05, 3.63) is 0 Å². The lowest BCUT2D eigenvalue weighted by molar-refractivity contribution is -0.131. The van der Waals surface area contributed by atoms with Gasteiger partial charge in [-0.1, -0.05) is 26.7 Å². The van der Waals surface area contributed by atoms with Crippen LogP contribution < -0.4 is 10.6 Å². The molecule has 1 heterocycles. The Hall–Kier alpha value is -1.10. The van der Waals surface area contributed by atoms with Crippen molar-refractivity contribution in [1.82, 2.24) is 15.5 Å². The molecular weight excluding hydrogens is 278 g/mol. The highest BCUT2D eigenvalue weighted by molar-refractivity contribution is 5.85. The van der Waals surface area contributed by atoms with Crippen LogP contribution in [0.2, 0.25) is 0 Å². The lowest BCUT2D eigenvalue weighted by Gasteiger charge is -2.32. The highest BCUT2D eigenvalue weighted by Gasteiger charge is 2.39. The molecule has 5 heteroatoms. The quantitative estimate of drug-likeness (QED) is 0.784. The summed E-state index contributed by atoms with van der Waals surface area (Å²) in [6, 6.07) is 0.0204. The Bertz CT molecular complexity index is 391. The number of hydrogen-bond acceptors (Lipinski definition) is 3. The molecule has 0 aromatic rings. The van der Waals surface area contributed by atoms with Crippen LogP contribution in [0, 0.1) is 5.92 Å². The second-order valence-electron chi connectivity index (χ2n) is 7.15. The number of likely N-dealkylation sites (tertiary alicyclic amines) is 1. The molecule has 1 aliphatic heterocycles. The van der Waals surface area contributed by atoms with Gasteiger partial charge in [-0.3, -0.25) is 14.5 Å². The number of rotatable bonds is 6. The van der Waals surface area contributed by atoms with Crippen LogP contribution in [0.3, 0.4) is 0 Å². The predicted octanol–water partition coefficient (Wildman–Crippen LogP) is 1.67. The summed E-state index contributed by atoms with van der Waals surface area (Å²) in [6.45, 7) is 5.09. The number of hydrogen-bond donors (Lipinski definition) is 2. The van der Waals surface area contributed by atoms with Crippen LogP contribution in [0.15, 0.2) is 0 Å². The van der Waals surface area contributed by atoms with Gasteiger partial charge in [0, 0.05) is 13.1 Å². The van der Waals surface area contributed by atoms with E-state index < -0.39 is 0 Å². The monoisotopic (exact) mass is 309 g/mol. The van der Waals surface area contributed by atoms with Gasteiger partial charge < -0.3 is 10.6 Å². The van der Waals surface area contributed by atoms with E-state index in [1.54, 1.807) is 7.05 Å². The van der Waals surface area contributed by atoms with E-state index in [-0.39, 0.29) is 23.9 Å². The van der Waals surface area contributed by atoms with Crippen LogP contribution in [0.25, 0.3) is 0 Å². The summed E-state index contributed by atoms with van der Waals surface area (Å²) < 4.78 is 0. The molecule has 2 atom stereocenters. The van der Waals surface area contributed by atoms with E-state index >= 15 is 0 Å². The van der Waals surface area contributed by atoms with Gasteiger partial charge in [0.2, 0.25) is 11.8 Å². The summed E-state index contributed by atoms with van der Waals surface area (Å²) >= 11 is 0. The third-order valence-electron chi connectivity index (χ3n) is 4.94. The fraction of sp³-hybridized carbons (Fsp3) is 0.882. The molecule has 22 heavy (non-hydrogen) atoms. The van der Waals surface area contributed by atoms with Gasteiger partial charge in [0.05, 0.1) is 12.1 Å². The third-order valence-corrected chi connectivity index (χ3v) is 4.94. The van der Waals surface area contributed by atoms with E-state index in [2.05, 4.69) is 29.4 Å². The Morgan fingerprint density at radius 3 is 2.41 bits per heavy atom. The van der Waals surface area contributed by atoms with E-state index in [1.165, 1.54) is 12.8 Å². The van der Waals surface area contributed by atoms with E-state index in [1.807, 2.05) is 0 Å². The number of carbonyl (C=O) groups excluding carboxylic acids is 2. The molecule has 0 aromatic carbocycles. The van der Waals surface area contributed by atoms with Crippen LogP contribution in [-0.4, -0.2) is 48.4 Å². The SMILES string of the molecule is CNC(=O)[C@@H](CC(C)C)N1CCC[C@H]1C(=O)NC1CCCC1. The van der Waals surface area contributed by atoms with Gasteiger partial charge in [-0.05, 0) is 44.6 Å². The summed E-state index contributed by atoms with van der Waals surface area (Å²) in [5.74, 6) is 0.595. The van der Waals surface area contributed by atoms with Crippen molar-refractivity contribution in [3.63, 3.8) is 0 Å². The first-order chi connectivity index (χ1) is 10.5.